The van der Waals surface area contributed by atoms with Gasteiger partial charge in [0, 0.05) is 0 Å². The van der Waals surface area contributed by atoms with Crippen molar-refractivity contribution in [3.8, 4) is 0 Å². The average molecular weight is 262 g/mol. The number of hydrogen-bond acceptors (Lipinski definition) is 0. The predicted molar refractivity (Wildman–Crippen MR) is 32.2 cm³/mol. The molecule has 10 heteroatoms. The minimum absolute atomic E-state index is 2.82. The summed E-state index contributed by atoms with van der Waals surface area (Å²) in [7, 11) is 0. The van der Waals surface area contributed by atoms with Crippen LogP contribution in [0.1, 0.15) is 0 Å². The van der Waals surface area contributed by atoms with Gasteiger partial charge in [-0.3, -0.25) is 0 Å². The number of hydrogen-bond donors (Lipinski definition) is 0. The van der Waals surface area contributed by atoms with Gasteiger partial charge in [0.1, 0.15) is 0 Å². The molecule has 0 bridgehead atoms. The Labute approximate surface area is 81.2 Å². The van der Waals surface area contributed by atoms with Crippen molar-refractivity contribution >= 4 is 0 Å². The second kappa shape index (κ2) is 7.77. The molecule has 0 rings (SSSR count). The highest BCUT2D eigenvalue weighted by molar-refractivity contribution is 5.19. The van der Waals surface area contributed by atoms with E-state index in [4.69, 9.17) is 0 Å². The van der Waals surface area contributed by atoms with E-state index in [9.17, 15) is 43.9 Å². The smallest absolute Gasteiger partial charge is 0.198 e. The number of allylic oxidation sites excluding steroid dienone is 2. The van der Waals surface area contributed by atoms with Gasteiger partial charge in [0.25, 0.3) is 0 Å². The number of rotatable bonds is 1. The molecule has 0 spiro atoms. The zero-order chi connectivity index (χ0) is 13.5. The van der Waals surface area contributed by atoms with Gasteiger partial charge in [0.05, 0.1) is 0 Å². The summed E-state index contributed by atoms with van der Waals surface area (Å²) >= 11 is 0. The molecule has 0 aromatic heterocycles. The van der Waals surface area contributed by atoms with Crippen LogP contribution in [0.4, 0.5) is 43.9 Å². The molecule has 0 aromatic carbocycles. The largest absolute Gasteiger partial charge is 0.334 e. The molecule has 0 radical (unpaired) electrons. The topological polar surface area (TPSA) is 0 Å². The molecule has 16 heavy (non-hydrogen) atoms. The molecule has 0 saturated carbocycles. The maximum atomic E-state index is 11.4. The SMILES string of the molecule is FC(F)=C(F)C(F)=C(F)F.FC(F)=C(F)F. The van der Waals surface area contributed by atoms with Gasteiger partial charge in [0.2, 0.25) is 11.7 Å². The van der Waals surface area contributed by atoms with Crippen LogP contribution in [0, 0.1) is 0 Å². The van der Waals surface area contributed by atoms with Gasteiger partial charge < -0.3 is 0 Å². The quantitative estimate of drug-likeness (QED) is 0.453. The van der Waals surface area contributed by atoms with Crippen LogP contribution >= 0.6 is 0 Å². The summed E-state index contributed by atoms with van der Waals surface area (Å²) in [4.78, 5) is 0. The summed E-state index contributed by atoms with van der Waals surface area (Å²) in [5.41, 5.74) is 0. The molecule has 0 amide bonds. The van der Waals surface area contributed by atoms with E-state index in [0.717, 1.165) is 0 Å². The number of halogens is 10. The fourth-order valence-electron chi connectivity index (χ4n) is 0.166. The Morgan fingerprint density at radius 2 is 0.500 bits per heavy atom. The van der Waals surface area contributed by atoms with Gasteiger partial charge in [-0.15, -0.1) is 0 Å². The zero-order valence-electron chi connectivity index (χ0n) is 6.78. The molecule has 0 unspecified atom stereocenters. The van der Waals surface area contributed by atoms with Crippen LogP contribution in [0.25, 0.3) is 0 Å². The summed E-state index contributed by atoms with van der Waals surface area (Å²) < 4.78 is 108. The lowest BCUT2D eigenvalue weighted by molar-refractivity contribution is 0.308. The van der Waals surface area contributed by atoms with Crippen molar-refractivity contribution in [1.82, 2.24) is 0 Å². The average Bonchev–Trinajstić information content (AvgIpc) is 2.15. The molecule has 94 valence electrons. The van der Waals surface area contributed by atoms with Crippen LogP contribution in [-0.4, -0.2) is 0 Å². The van der Waals surface area contributed by atoms with Crippen molar-refractivity contribution in [3.05, 3.63) is 36.0 Å². The molecular formula is C6F10. The van der Waals surface area contributed by atoms with Crippen molar-refractivity contribution in [1.29, 1.82) is 0 Å². The molecule has 0 aliphatic heterocycles. The third-order valence-electron chi connectivity index (χ3n) is 0.667. The first-order valence-corrected chi connectivity index (χ1v) is 2.89. The first-order valence-electron chi connectivity index (χ1n) is 2.89. The summed E-state index contributed by atoms with van der Waals surface area (Å²) in [5, 5.41) is 0. The van der Waals surface area contributed by atoms with Gasteiger partial charge in [-0.25, -0.2) is 0 Å². The maximum Gasteiger partial charge on any atom is 0.334 e. The predicted octanol–water partition coefficient (Wildman–Crippen LogP) is 5.13. The Morgan fingerprint density at radius 1 is 0.312 bits per heavy atom. The molecule has 0 N–H and O–H groups in total. The molecular weight excluding hydrogens is 262 g/mol. The third-order valence-corrected chi connectivity index (χ3v) is 0.667. The molecule has 0 aliphatic carbocycles. The van der Waals surface area contributed by atoms with Gasteiger partial charge >= 0.3 is 24.3 Å². The van der Waals surface area contributed by atoms with Crippen molar-refractivity contribution < 1.29 is 43.9 Å². The Kier molecular flexibility index (Phi) is 8.22. The van der Waals surface area contributed by atoms with Crippen molar-refractivity contribution in [2.45, 2.75) is 0 Å². The highest BCUT2D eigenvalue weighted by Crippen LogP contribution is 2.23. The van der Waals surface area contributed by atoms with E-state index in [1.807, 2.05) is 0 Å². The second-order valence-corrected chi connectivity index (χ2v) is 1.67. The van der Waals surface area contributed by atoms with Gasteiger partial charge in [-0.05, 0) is 0 Å². The van der Waals surface area contributed by atoms with E-state index in [2.05, 4.69) is 0 Å². The molecule has 0 aromatic rings. The molecule has 0 nitrogen and oxygen atoms in total. The van der Waals surface area contributed by atoms with Crippen molar-refractivity contribution in [2.75, 3.05) is 0 Å². The Morgan fingerprint density at radius 3 is 0.562 bits per heavy atom. The third kappa shape index (κ3) is 7.88. The molecule has 0 saturated heterocycles. The summed E-state index contributed by atoms with van der Waals surface area (Å²) in [6, 6.07) is 0. The molecule has 0 fully saturated rings. The lowest BCUT2D eigenvalue weighted by atomic mass is 10.5. The van der Waals surface area contributed by atoms with Gasteiger partial charge in [-0.2, -0.15) is 43.9 Å². The standard InChI is InChI=1S/C4F6.C2F4/c5-1(3(7)8)2(6)4(9)10;3-1(4)2(5)6. The summed E-state index contributed by atoms with van der Waals surface area (Å²) in [5.74, 6) is -5.64. The lowest BCUT2D eigenvalue weighted by Gasteiger charge is -1.87. The van der Waals surface area contributed by atoms with E-state index < -0.39 is 36.0 Å². The Balaban J connectivity index is 0. The minimum atomic E-state index is -3.11. The van der Waals surface area contributed by atoms with Crippen LogP contribution in [0.3, 0.4) is 0 Å². The second-order valence-electron chi connectivity index (χ2n) is 1.67. The lowest BCUT2D eigenvalue weighted by Crippen LogP contribution is -1.78. The van der Waals surface area contributed by atoms with Gasteiger partial charge in [-0.1, -0.05) is 0 Å². The van der Waals surface area contributed by atoms with E-state index in [1.54, 1.807) is 0 Å². The van der Waals surface area contributed by atoms with E-state index in [0.29, 0.717) is 0 Å². The Hall–Kier alpha value is -1.48. The van der Waals surface area contributed by atoms with E-state index in [-0.39, 0.29) is 0 Å². The normalized spacial score (nSPS) is 8.62. The summed E-state index contributed by atoms with van der Waals surface area (Å²) in [6.45, 7) is 0. The fourth-order valence-corrected chi connectivity index (χ4v) is 0.166. The minimum Gasteiger partial charge on any atom is -0.198 e. The van der Waals surface area contributed by atoms with E-state index >= 15 is 0 Å². The fraction of sp³-hybridized carbons (Fsp3) is 0. The maximum absolute atomic E-state index is 11.4. The molecule has 0 heterocycles. The zero-order valence-corrected chi connectivity index (χ0v) is 6.78. The first-order chi connectivity index (χ1) is 7.11. The van der Waals surface area contributed by atoms with Crippen LogP contribution < -0.4 is 0 Å². The summed E-state index contributed by atoms with van der Waals surface area (Å²) in [6.07, 6.45) is -12.0. The Bertz CT molecular complexity index is 276. The van der Waals surface area contributed by atoms with Crippen LogP contribution in [0.2, 0.25) is 0 Å². The van der Waals surface area contributed by atoms with Crippen LogP contribution in [-0.2, 0) is 0 Å². The van der Waals surface area contributed by atoms with E-state index in [1.165, 1.54) is 0 Å². The molecule has 0 atom stereocenters. The van der Waals surface area contributed by atoms with Crippen molar-refractivity contribution in [3.63, 3.8) is 0 Å². The van der Waals surface area contributed by atoms with Crippen LogP contribution in [0.15, 0.2) is 36.0 Å². The highest BCUT2D eigenvalue weighted by Gasteiger charge is 2.16. The first kappa shape index (κ1) is 16.9. The molecule has 0 aliphatic rings. The van der Waals surface area contributed by atoms with Crippen molar-refractivity contribution in [2.24, 2.45) is 0 Å². The van der Waals surface area contributed by atoms with Crippen LogP contribution in [0.5, 0.6) is 0 Å². The van der Waals surface area contributed by atoms with Gasteiger partial charge in [0.15, 0.2) is 0 Å². The monoisotopic (exact) mass is 262 g/mol. The highest BCUT2D eigenvalue weighted by atomic mass is 19.3.